The lowest BCUT2D eigenvalue weighted by atomic mass is 10.1. The van der Waals surface area contributed by atoms with E-state index in [9.17, 15) is 18.0 Å². The van der Waals surface area contributed by atoms with Crippen LogP contribution in [0.3, 0.4) is 0 Å². The highest BCUT2D eigenvalue weighted by Crippen LogP contribution is 2.19. The van der Waals surface area contributed by atoms with Gasteiger partial charge in [0.1, 0.15) is 0 Å². The summed E-state index contributed by atoms with van der Waals surface area (Å²) in [5.74, 6) is -1.30. The molecule has 0 N–H and O–H groups in total. The van der Waals surface area contributed by atoms with Crippen LogP contribution in [0.1, 0.15) is 22.3 Å². The zero-order chi connectivity index (χ0) is 14.9. The molecule has 1 aliphatic rings. The molecule has 0 aliphatic carbocycles. The fraction of sp³-hybridized carbons (Fsp3) is 0.385. The van der Waals surface area contributed by atoms with Gasteiger partial charge >= 0.3 is 11.9 Å². The van der Waals surface area contributed by atoms with E-state index in [-0.39, 0.29) is 17.1 Å². The second-order valence-electron chi connectivity index (χ2n) is 4.60. The quantitative estimate of drug-likeness (QED) is 0.770. The van der Waals surface area contributed by atoms with Crippen molar-refractivity contribution < 1.29 is 27.5 Å². The summed E-state index contributed by atoms with van der Waals surface area (Å²) in [5, 5.41) is 0. The first-order valence-electron chi connectivity index (χ1n) is 5.97. The van der Waals surface area contributed by atoms with Crippen LogP contribution in [0.4, 0.5) is 0 Å². The van der Waals surface area contributed by atoms with Crippen LogP contribution in [-0.2, 0) is 24.1 Å². The third-order valence-electron chi connectivity index (χ3n) is 2.99. The van der Waals surface area contributed by atoms with Crippen LogP contribution in [0.2, 0.25) is 0 Å². The second kappa shape index (κ2) is 5.24. The highest BCUT2D eigenvalue weighted by Gasteiger charge is 2.31. The summed E-state index contributed by atoms with van der Waals surface area (Å²) < 4.78 is 32.7. The zero-order valence-electron chi connectivity index (χ0n) is 11.1. The Morgan fingerprint density at radius 3 is 2.65 bits per heavy atom. The Balaban J connectivity index is 2.27. The Hall–Kier alpha value is -1.89. The largest absolute Gasteiger partial charge is 0.463 e. The molecular formula is C13H14O6S. The lowest BCUT2D eigenvalue weighted by molar-refractivity contribution is -0.145. The molecule has 0 amide bonds. The number of hydrogen-bond acceptors (Lipinski definition) is 6. The average molecular weight is 298 g/mol. The molecule has 1 aromatic carbocycles. The van der Waals surface area contributed by atoms with Crippen molar-refractivity contribution >= 4 is 21.8 Å². The number of sulfone groups is 1. The number of ether oxygens (including phenoxy) is 2. The number of cyclic esters (lactones) is 1. The maximum absolute atomic E-state index is 12.0. The van der Waals surface area contributed by atoms with Gasteiger partial charge in [-0.05, 0) is 24.6 Å². The van der Waals surface area contributed by atoms with E-state index in [1.54, 1.807) is 6.92 Å². The van der Waals surface area contributed by atoms with Gasteiger partial charge in [-0.2, -0.15) is 0 Å². The van der Waals surface area contributed by atoms with E-state index in [0.29, 0.717) is 12.0 Å². The number of benzene rings is 1. The molecule has 20 heavy (non-hydrogen) atoms. The molecule has 0 radical (unpaired) electrons. The van der Waals surface area contributed by atoms with E-state index < -0.39 is 27.9 Å². The normalized spacial score (nSPS) is 18.7. The fourth-order valence-electron chi connectivity index (χ4n) is 1.83. The summed E-state index contributed by atoms with van der Waals surface area (Å²) in [6, 6.07) is 4.21. The van der Waals surface area contributed by atoms with Crippen LogP contribution in [0.25, 0.3) is 0 Å². The predicted octanol–water partition coefficient (Wildman–Crippen LogP) is 0.871. The molecule has 1 aromatic rings. The van der Waals surface area contributed by atoms with E-state index in [1.807, 2.05) is 0 Å². The smallest absolute Gasteiger partial charge is 0.347 e. The van der Waals surface area contributed by atoms with Gasteiger partial charge in [-0.15, -0.1) is 0 Å². The summed E-state index contributed by atoms with van der Waals surface area (Å²) >= 11 is 0. The van der Waals surface area contributed by atoms with Crippen molar-refractivity contribution in [2.24, 2.45) is 0 Å². The number of rotatable bonds is 3. The van der Waals surface area contributed by atoms with E-state index >= 15 is 0 Å². The van der Waals surface area contributed by atoms with Crippen molar-refractivity contribution in [1.29, 1.82) is 0 Å². The Kier molecular flexibility index (Phi) is 3.80. The summed E-state index contributed by atoms with van der Waals surface area (Å²) in [5.41, 5.74) is 0.710. The molecule has 0 bridgehead atoms. The predicted molar refractivity (Wildman–Crippen MR) is 69.1 cm³/mol. The lowest BCUT2D eigenvalue weighted by Gasteiger charge is -2.11. The van der Waals surface area contributed by atoms with Crippen molar-refractivity contribution in [2.75, 3.05) is 12.9 Å². The van der Waals surface area contributed by atoms with E-state index in [4.69, 9.17) is 9.47 Å². The Morgan fingerprint density at radius 1 is 1.40 bits per heavy atom. The highest BCUT2D eigenvalue weighted by molar-refractivity contribution is 7.90. The van der Waals surface area contributed by atoms with E-state index in [1.165, 1.54) is 18.2 Å². The molecule has 6 nitrogen and oxygen atoms in total. The Labute approximate surface area is 116 Å². The standard InChI is InChI=1S/C13H14O6S/c1-8-3-4-9(20(2,16)17)7-10(8)12(14)19-11-5-6-18-13(11)15/h3-4,7,11H,5-6H2,1-2H3/t11-/m1/s1. The molecule has 1 heterocycles. The number of carbonyl (C=O) groups is 2. The number of hydrogen-bond donors (Lipinski definition) is 0. The molecule has 0 unspecified atom stereocenters. The number of esters is 2. The van der Waals surface area contributed by atoms with E-state index in [2.05, 4.69) is 0 Å². The third-order valence-corrected chi connectivity index (χ3v) is 4.10. The molecule has 1 saturated heterocycles. The van der Waals surface area contributed by atoms with Crippen LogP contribution in [-0.4, -0.2) is 39.3 Å². The van der Waals surface area contributed by atoms with E-state index in [0.717, 1.165) is 6.26 Å². The minimum Gasteiger partial charge on any atom is -0.463 e. The minimum absolute atomic E-state index is 0.0315. The van der Waals surface area contributed by atoms with Gasteiger partial charge in [-0.25, -0.2) is 18.0 Å². The summed E-state index contributed by atoms with van der Waals surface area (Å²) in [6.45, 7) is 1.88. The first kappa shape index (κ1) is 14.5. The van der Waals surface area contributed by atoms with Gasteiger partial charge in [0.15, 0.2) is 9.84 Å². The Morgan fingerprint density at radius 2 is 2.10 bits per heavy atom. The highest BCUT2D eigenvalue weighted by atomic mass is 32.2. The van der Waals surface area contributed by atoms with Gasteiger partial charge in [-0.1, -0.05) is 6.07 Å². The maximum atomic E-state index is 12.0. The van der Waals surface area contributed by atoms with Crippen LogP contribution < -0.4 is 0 Å². The van der Waals surface area contributed by atoms with Crippen molar-refractivity contribution in [3.8, 4) is 0 Å². The average Bonchev–Trinajstić information content (AvgIpc) is 2.74. The lowest BCUT2D eigenvalue weighted by Crippen LogP contribution is -2.23. The molecule has 0 aromatic heterocycles. The van der Waals surface area contributed by atoms with Crippen LogP contribution in [0.15, 0.2) is 23.1 Å². The summed E-state index contributed by atoms with van der Waals surface area (Å²) in [6.07, 6.45) is 0.458. The van der Waals surface area contributed by atoms with Gasteiger partial charge < -0.3 is 9.47 Å². The maximum Gasteiger partial charge on any atom is 0.347 e. The van der Waals surface area contributed by atoms with Crippen molar-refractivity contribution in [3.63, 3.8) is 0 Å². The summed E-state index contributed by atoms with van der Waals surface area (Å²) in [4.78, 5) is 23.3. The van der Waals surface area contributed by atoms with Crippen molar-refractivity contribution in [2.45, 2.75) is 24.3 Å². The van der Waals surface area contributed by atoms with Gasteiger partial charge in [0, 0.05) is 12.7 Å². The molecule has 7 heteroatoms. The van der Waals surface area contributed by atoms with Gasteiger partial charge in [-0.3, -0.25) is 0 Å². The topological polar surface area (TPSA) is 86.7 Å². The van der Waals surface area contributed by atoms with Gasteiger partial charge in [0.25, 0.3) is 0 Å². The van der Waals surface area contributed by atoms with Crippen molar-refractivity contribution in [3.05, 3.63) is 29.3 Å². The molecule has 2 rings (SSSR count). The van der Waals surface area contributed by atoms with Gasteiger partial charge in [0.2, 0.25) is 6.10 Å². The van der Waals surface area contributed by atoms with Crippen molar-refractivity contribution in [1.82, 2.24) is 0 Å². The second-order valence-corrected chi connectivity index (χ2v) is 6.61. The number of aryl methyl sites for hydroxylation is 1. The molecule has 1 aliphatic heterocycles. The molecule has 1 fully saturated rings. The zero-order valence-corrected chi connectivity index (χ0v) is 11.9. The minimum atomic E-state index is -3.41. The first-order valence-corrected chi connectivity index (χ1v) is 7.86. The SMILES string of the molecule is Cc1ccc(S(C)(=O)=O)cc1C(=O)O[C@@H]1CCOC1=O. The monoisotopic (exact) mass is 298 g/mol. The fourth-order valence-corrected chi connectivity index (χ4v) is 2.48. The first-order chi connectivity index (χ1) is 9.29. The third kappa shape index (κ3) is 2.98. The molecule has 0 spiro atoms. The number of carbonyl (C=O) groups excluding carboxylic acids is 2. The molecular weight excluding hydrogens is 284 g/mol. The molecule has 108 valence electrons. The van der Waals surface area contributed by atoms with Crippen LogP contribution in [0, 0.1) is 6.92 Å². The van der Waals surface area contributed by atoms with Crippen LogP contribution in [0.5, 0.6) is 0 Å². The Bertz CT molecular complexity index is 661. The van der Waals surface area contributed by atoms with Gasteiger partial charge in [0.05, 0.1) is 17.1 Å². The molecule has 0 saturated carbocycles. The summed E-state index contributed by atoms with van der Waals surface area (Å²) in [7, 11) is -3.41. The molecule has 1 atom stereocenters. The van der Waals surface area contributed by atoms with Crippen LogP contribution >= 0.6 is 0 Å².